The van der Waals surface area contributed by atoms with Crippen molar-refractivity contribution in [2.24, 2.45) is 0 Å². The van der Waals surface area contributed by atoms with Crippen LogP contribution in [0.3, 0.4) is 0 Å². The molecule has 1 heterocycles. The third-order valence-electron chi connectivity index (χ3n) is 2.31. The first kappa shape index (κ1) is 13.1. The predicted octanol–water partition coefficient (Wildman–Crippen LogP) is 1.16. The number of aliphatic hydroxyl groups excluding tert-OH is 1. The minimum atomic E-state index is -0.199. The van der Waals surface area contributed by atoms with E-state index >= 15 is 0 Å². The SMILES string of the molecule is CC[C@@H](CO)NC(=O)c1snnc1C(C)C. The van der Waals surface area contributed by atoms with Gasteiger partial charge in [-0.1, -0.05) is 25.3 Å². The van der Waals surface area contributed by atoms with Gasteiger partial charge in [-0.25, -0.2) is 0 Å². The molecule has 1 rings (SSSR count). The Morgan fingerprint density at radius 3 is 2.75 bits per heavy atom. The van der Waals surface area contributed by atoms with Crippen LogP contribution in [0, 0.1) is 0 Å². The van der Waals surface area contributed by atoms with Crippen molar-refractivity contribution in [2.75, 3.05) is 6.61 Å². The number of carbonyl (C=O) groups is 1. The largest absolute Gasteiger partial charge is 0.394 e. The van der Waals surface area contributed by atoms with Gasteiger partial charge in [-0.3, -0.25) is 4.79 Å². The van der Waals surface area contributed by atoms with Crippen LogP contribution in [0.2, 0.25) is 0 Å². The second-order valence-electron chi connectivity index (χ2n) is 3.90. The molecule has 0 aliphatic rings. The highest BCUT2D eigenvalue weighted by atomic mass is 32.1. The minimum absolute atomic E-state index is 0.0501. The van der Waals surface area contributed by atoms with E-state index in [1.54, 1.807) is 0 Å². The average Bonchev–Trinajstić information content (AvgIpc) is 2.74. The van der Waals surface area contributed by atoms with Crippen molar-refractivity contribution < 1.29 is 9.90 Å². The first-order chi connectivity index (χ1) is 7.60. The lowest BCUT2D eigenvalue weighted by Gasteiger charge is -2.13. The van der Waals surface area contributed by atoms with Crippen molar-refractivity contribution in [1.29, 1.82) is 0 Å². The van der Waals surface area contributed by atoms with Crippen molar-refractivity contribution in [3.05, 3.63) is 10.6 Å². The van der Waals surface area contributed by atoms with E-state index in [1.165, 1.54) is 0 Å². The zero-order valence-corrected chi connectivity index (χ0v) is 10.5. The quantitative estimate of drug-likeness (QED) is 0.813. The number of nitrogens with one attached hydrogen (secondary N) is 1. The van der Waals surface area contributed by atoms with E-state index in [1.807, 2.05) is 20.8 Å². The molecule has 0 aromatic carbocycles. The zero-order chi connectivity index (χ0) is 12.1. The number of nitrogens with zero attached hydrogens (tertiary/aromatic N) is 2. The van der Waals surface area contributed by atoms with Gasteiger partial charge in [0.05, 0.1) is 18.3 Å². The molecule has 0 fully saturated rings. The number of amides is 1. The first-order valence-corrected chi connectivity index (χ1v) is 6.11. The zero-order valence-electron chi connectivity index (χ0n) is 9.73. The average molecular weight is 243 g/mol. The van der Waals surface area contributed by atoms with Gasteiger partial charge in [0.15, 0.2) is 0 Å². The van der Waals surface area contributed by atoms with E-state index < -0.39 is 0 Å². The molecule has 0 saturated heterocycles. The van der Waals surface area contributed by atoms with Gasteiger partial charge >= 0.3 is 0 Å². The molecule has 1 atom stereocenters. The maximum atomic E-state index is 11.9. The predicted molar refractivity (Wildman–Crippen MR) is 62.6 cm³/mol. The Kier molecular flexibility index (Phi) is 4.82. The van der Waals surface area contributed by atoms with E-state index in [-0.39, 0.29) is 24.5 Å². The second kappa shape index (κ2) is 5.91. The maximum absolute atomic E-state index is 11.9. The molecule has 0 unspecified atom stereocenters. The van der Waals surface area contributed by atoms with Crippen molar-refractivity contribution in [2.45, 2.75) is 39.2 Å². The van der Waals surface area contributed by atoms with Crippen LogP contribution in [0.15, 0.2) is 0 Å². The van der Waals surface area contributed by atoms with E-state index in [2.05, 4.69) is 14.9 Å². The highest BCUT2D eigenvalue weighted by Crippen LogP contribution is 2.19. The molecule has 2 N–H and O–H groups in total. The van der Waals surface area contributed by atoms with Crippen LogP contribution in [0.5, 0.6) is 0 Å². The number of rotatable bonds is 5. The summed E-state index contributed by atoms with van der Waals surface area (Å²) >= 11 is 1.09. The number of aromatic nitrogens is 2. The lowest BCUT2D eigenvalue weighted by atomic mass is 10.1. The first-order valence-electron chi connectivity index (χ1n) is 5.34. The summed E-state index contributed by atoms with van der Waals surface area (Å²) in [5, 5.41) is 15.7. The Hall–Kier alpha value is -1.01. The van der Waals surface area contributed by atoms with Gasteiger partial charge in [-0.2, -0.15) is 0 Å². The van der Waals surface area contributed by atoms with Crippen molar-refractivity contribution >= 4 is 17.4 Å². The summed E-state index contributed by atoms with van der Waals surface area (Å²) < 4.78 is 3.79. The molecule has 1 aromatic rings. The molecule has 1 aromatic heterocycles. The van der Waals surface area contributed by atoms with Crippen LogP contribution in [0.4, 0.5) is 0 Å². The molecule has 0 bridgehead atoms. The van der Waals surface area contributed by atoms with Gasteiger partial charge in [0.25, 0.3) is 5.91 Å². The molecule has 6 heteroatoms. The van der Waals surface area contributed by atoms with Crippen molar-refractivity contribution in [3.8, 4) is 0 Å². The molecular formula is C10H17N3O2S. The van der Waals surface area contributed by atoms with Gasteiger partial charge in [0.1, 0.15) is 4.88 Å². The van der Waals surface area contributed by atoms with Crippen LogP contribution in [-0.4, -0.2) is 33.2 Å². The third-order valence-corrected chi connectivity index (χ3v) is 3.06. The van der Waals surface area contributed by atoms with E-state index in [9.17, 15) is 4.79 Å². The van der Waals surface area contributed by atoms with Crippen LogP contribution >= 0.6 is 11.5 Å². The van der Waals surface area contributed by atoms with Crippen LogP contribution in [-0.2, 0) is 0 Å². The van der Waals surface area contributed by atoms with Gasteiger partial charge in [-0.15, -0.1) is 5.10 Å². The third kappa shape index (κ3) is 2.99. The number of carbonyl (C=O) groups excluding carboxylic acids is 1. The fourth-order valence-electron chi connectivity index (χ4n) is 1.26. The van der Waals surface area contributed by atoms with Crippen molar-refractivity contribution in [1.82, 2.24) is 14.9 Å². The monoisotopic (exact) mass is 243 g/mol. The Labute approximate surface area is 99.0 Å². The number of hydrogen-bond donors (Lipinski definition) is 2. The van der Waals surface area contributed by atoms with E-state index in [0.717, 1.165) is 17.2 Å². The molecule has 0 aliphatic heterocycles. The fraction of sp³-hybridized carbons (Fsp3) is 0.700. The number of hydrogen-bond acceptors (Lipinski definition) is 5. The fourth-order valence-corrected chi connectivity index (χ4v) is 1.98. The van der Waals surface area contributed by atoms with Gasteiger partial charge in [0.2, 0.25) is 0 Å². The minimum Gasteiger partial charge on any atom is -0.394 e. The Morgan fingerprint density at radius 2 is 2.25 bits per heavy atom. The normalized spacial score (nSPS) is 12.8. The van der Waals surface area contributed by atoms with Gasteiger partial charge in [-0.05, 0) is 23.9 Å². The maximum Gasteiger partial charge on any atom is 0.265 e. The summed E-state index contributed by atoms with van der Waals surface area (Å²) in [5.74, 6) is -0.0201. The molecule has 1 amide bonds. The molecule has 5 nitrogen and oxygen atoms in total. The topological polar surface area (TPSA) is 75.1 Å². The Bertz CT molecular complexity index is 348. The highest BCUT2D eigenvalue weighted by Gasteiger charge is 2.20. The summed E-state index contributed by atoms with van der Waals surface area (Å²) in [6.45, 7) is 5.80. The van der Waals surface area contributed by atoms with Crippen LogP contribution < -0.4 is 5.32 Å². The molecular weight excluding hydrogens is 226 g/mol. The summed E-state index contributed by atoms with van der Waals surface area (Å²) in [6.07, 6.45) is 0.700. The molecule has 16 heavy (non-hydrogen) atoms. The van der Waals surface area contributed by atoms with Crippen molar-refractivity contribution in [3.63, 3.8) is 0 Å². The molecule has 0 spiro atoms. The smallest absolute Gasteiger partial charge is 0.265 e. The second-order valence-corrected chi connectivity index (χ2v) is 4.66. The lowest BCUT2D eigenvalue weighted by molar-refractivity contribution is 0.0917. The standard InChI is InChI=1S/C10H17N3O2S/c1-4-7(5-14)11-10(15)9-8(6(2)3)12-13-16-9/h6-7,14H,4-5H2,1-3H3,(H,11,15)/t7-/m0/s1. The Balaban J connectivity index is 2.76. The lowest BCUT2D eigenvalue weighted by Crippen LogP contribution is -2.37. The molecule has 0 aliphatic carbocycles. The number of aliphatic hydroxyl groups is 1. The van der Waals surface area contributed by atoms with Crippen LogP contribution in [0.1, 0.15) is 48.5 Å². The van der Waals surface area contributed by atoms with Crippen LogP contribution in [0.25, 0.3) is 0 Å². The summed E-state index contributed by atoms with van der Waals surface area (Å²) in [5.41, 5.74) is 0.718. The molecule has 0 radical (unpaired) electrons. The summed E-state index contributed by atoms with van der Waals surface area (Å²) in [4.78, 5) is 12.4. The van der Waals surface area contributed by atoms with Gasteiger partial charge < -0.3 is 10.4 Å². The molecule has 0 saturated carbocycles. The molecule has 90 valence electrons. The summed E-state index contributed by atoms with van der Waals surface area (Å²) in [7, 11) is 0. The van der Waals surface area contributed by atoms with E-state index in [0.29, 0.717) is 11.3 Å². The van der Waals surface area contributed by atoms with Gasteiger partial charge in [0, 0.05) is 0 Å². The van der Waals surface area contributed by atoms with E-state index in [4.69, 9.17) is 5.11 Å². The summed E-state index contributed by atoms with van der Waals surface area (Å²) in [6, 6.07) is -0.199. The Morgan fingerprint density at radius 1 is 1.56 bits per heavy atom. The highest BCUT2D eigenvalue weighted by molar-refractivity contribution is 7.08.